The lowest BCUT2D eigenvalue weighted by Gasteiger charge is -2.16. The van der Waals surface area contributed by atoms with E-state index in [1.54, 1.807) is 12.2 Å². The molecule has 0 unspecified atom stereocenters. The second kappa shape index (κ2) is 38.9. The van der Waals surface area contributed by atoms with Gasteiger partial charge in [-0.05, 0) is 44.9 Å². The molecular formula is C21H47Cl7Si3. The number of rotatable bonds is 9. The minimum absolute atomic E-state index is 0. The van der Waals surface area contributed by atoms with E-state index in [9.17, 15) is 0 Å². The fourth-order valence-corrected chi connectivity index (χ4v) is 4.94. The van der Waals surface area contributed by atoms with Crippen LogP contribution in [0.15, 0.2) is 49.9 Å². The van der Waals surface area contributed by atoms with Crippen LogP contribution in [0.3, 0.4) is 0 Å². The van der Waals surface area contributed by atoms with E-state index in [4.69, 9.17) is 79.1 Å². The summed E-state index contributed by atoms with van der Waals surface area (Å²) in [7, 11) is -2.47. The molecule has 0 aliphatic carbocycles. The van der Waals surface area contributed by atoms with E-state index in [0.29, 0.717) is 11.8 Å². The number of hydrogen-bond donors (Lipinski definition) is 0. The van der Waals surface area contributed by atoms with Crippen LogP contribution in [-0.2, 0) is 0 Å². The molecule has 0 N–H and O–H groups in total. The van der Waals surface area contributed by atoms with Gasteiger partial charge in [-0.15, -0.1) is 83.3 Å². The van der Waals surface area contributed by atoms with Crippen molar-refractivity contribution in [2.24, 2.45) is 0 Å². The molecule has 0 bridgehead atoms. The molecule has 31 heavy (non-hydrogen) atoms. The van der Waals surface area contributed by atoms with Crippen molar-refractivity contribution in [1.82, 2.24) is 0 Å². The fourth-order valence-electron chi connectivity index (χ4n) is 1.11. The van der Waals surface area contributed by atoms with E-state index < -0.39 is 22.2 Å². The molecule has 0 heterocycles. The molecule has 0 rings (SSSR count). The topological polar surface area (TPSA) is 0 Å². The summed E-state index contributed by atoms with van der Waals surface area (Å²) in [4.78, 5) is 0. The van der Waals surface area contributed by atoms with Crippen LogP contribution in [0.2, 0.25) is 31.7 Å². The molecule has 0 atom stereocenters. The summed E-state index contributed by atoms with van der Waals surface area (Å²) in [6.07, 6.45) is 5.42. The third-order valence-electron chi connectivity index (χ3n) is 2.64. The van der Waals surface area contributed by atoms with Crippen molar-refractivity contribution in [3.63, 3.8) is 0 Å². The highest BCUT2D eigenvalue weighted by Crippen LogP contribution is 2.21. The van der Waals surface area contributed by atoms with E-state index >= 15 is 0 Å². The van der Waals surface area contributed by atoms with Gasteiger partial charge in [-0.25, -0.2) is 0 Å². The van der Waals surface area contributed by atoms with Gasteiger partial charge in [-0.3, -0.25) is 0 Å². The van der Waals surface area contributed by atoms with Gasteiger partial charge in [0.2, 0.25) is 14.1 Å². The van der Waals surface area contributed by atoms with Crippen LogP contribution in [0.5, 0.6) is 0 Å². The number of alkyl halides is 3. The Kier molecular flexibility index (Phi) is 62.3. The third-order valence-corrected chi connectivity index (χ3v) is 9.05. The van der Waals surface area contributed by atoms with Crippen LogP contribution in [0.4, 0.5) is 0 Å². The summed E-state index contributed by atoms with van der Waals surface area (Å²) < 4.78 is 0. The van der Waals surface area contributed by atoms with Gasteiger partial charge in [-0.1, -0.05) is 45.0 Å². The van der Waals surface area contributed by atoms with Crippen molar-refractivity contribution < 1.29 is 0 Å². The molecule has 0 aromatic heterocycles. The predicted octanol–water partition coefficient (Wildman–Crippen LogP) is 11.5. The summed E-state index contributed by atoms with van der Waals surface area (Å²) in [5.74, 6) is 1.98. The summed E-state index contributed by atoms with van der Waals surface area (Å²) in [6, 6.07) is 2.09. The Labute approximate surface area is 233 Å². The molecule has 0 spiro atoms. The van der Waals surface area contributed by atoms with E-state index in [-0.39, 0.29) is 14.9 Å². The quantitative estimate of drug-likeness (QED) is 0.103. The molecule has 192 valence electrons. The molecule has 0 saturated heterocycles. The van der Waals surface area contributed by atoms with Crippen LogP contribution in [0, 0.1) is 0 Å². The van der Waals surface area contributed by atoms with Crippen LogP contribution in [-0.4, -0.2) is 39.8 Å². The predicted molar refractivity (Wildman–Crippen MR) is 171 cm³/mol. The minimum atomic E-state index is -1.82. The third kappa shape index (κ3) is 80.0. The van der Waals surface area contributed by atoms with Crippen molar-refractivity contribution in [2.45, 2.75) is 66.3 Å². The molecule has 0 fully saturated rings. The highest BCUT2D eigenvalue weighted by Gasteiger charge is 2.19. The second-order valence-corrected chi connectivity index (χ2v) is 25.2. The zero-order valence-electron chi connectivity index (χ0n) is 18.3. The number of hydrogen-bond acceptors (Lipinski definition) is 0. The van der Waals surface area contributed by atoms with Gasteiger partial charge in [0.05, 0.1) is 8.07 Å². The lowest BCUT2D eigenvalue weighted by Crippen LogP contribution is -2.23. The Morgan fingerprint density at radius 2 is 1.06 bits per heavy atom. The Morgan fingerprint density at radius 3 is 1.19 bits per heavy atom. The first-order chi connectivity index (χ1) is 13.3. The van der Waals surface area contributed by atoms with Crippen LogP contribution in [0.1, 0.15) is 34.6 Å². The van der Waals surface area contributed by atoms with Gasteiger partial charge in [0.1, 0.15) is 0 Å². The molecule has 10 heteroatoms. The molecule has 0 aliphatic heterocycles. The first kappa shape index (κ1) is 49.7. The molecule has 0 saturated carbocycles. The normalized spacial score (nSPS) is 9.03. The van der Waals surface area contributed by atoms with Crippen LogP contribution < -0.4 is 0 Å². The maximum absolute atomic E-state index is 5.76. The fraction of sp³-hybridized carbons (Fsp3) is 0.619. The number of allylic oxidation sites excluding steroid dienone is 2. The van der Waals surface area contributed by atoms with Crippen molar-refractivity contribution in [3.05, 3.63) is 49.9 Å². The van der Waals surface area contributed by atoms with Crippen molar-refractivity contribution in [1.29, 1.82) is 0 Å². The van der Waals surface area contributed by atoms with Gasteiger partial charge in [0.15, 0.2) is 0 Å². The van der Waals surface area contributed by atoms with Gasteiger partial charge in [-0.2, -0.15) is 22.2 Å². The molecular weight excluding hydrogens is 585 g/mol. The Balaban J connectivity index is -0.0000000493. The molecule has 0 amide bonds. The van der Waals surface area contributed by atoms with Crippen molar-refractivity contribution >= 4 is 101 Å². The smallest absolute Gasteiger partial charge is 0.151 e. The van der Waals surface area contributed by atoms with E-state index in [2.05, 4.69) is 44.3 Å². The van der Waals surface area contributed by atoms with E-state index in [1.807, 2.05) is 20.0 Å². The Morgan fingerprint density at radius 1 is 0.806 bits per heavy atom. The largest absolute Gasteiger partial charge is 0.248 e. The summed E-state index contributed by atoms with van der Waals surface area (Å²) in [5, 5.41) is 0. The molecule has 0 aromatic rings. The summed E-state index contributed by atoms with van der Waals surface area (Å²) in [5.41, 5.74) is 4.12. The standard InChI is InChI=1S/C8H15ClSi.C4H9Cl3Si.C3H5Cl.C3H6.CH4Cl2Si.2CH4/c1-4-10(3,5-2)8-6-7-9;1-8(6,7)4-2-3-5;1-2-3-4;1-3-2;1-4(2)3;;/h4-5H,1-2,6-8H2,3H3;2-4H2,1H3;2H,1,3H2;3H,1H2,2H3;4H,1H3;2*1H4. The Hall–Kier alpha value is 1.64. The molecule has 0 nitrogen and oxygen atoms in total. The maximum atomic E-state index is 5.76. The van der Waals surface area contributed by atoms with Crippen molar-refractivity contribution in [3.8, 4) is 0 Å². The van der Waals surface area contributed by atoms with Crippen molar-refractivity contribution in [2.75, 3.05) is 17.6 Å². The monoisotopic (exact) mass is 628 g/mol. The second-order valence-electron chi connectivity index (χ2n) is 5.94. The molecule has 0 aliphatic rings. The summed E-state index contributed by atoms with van der Waals surface area (Å²) in [6.45, 7) is 20.4. The number of halogens is 7. The van der Waals surface area contributed by atoms with E-state index in [0.717, 1.165) is 24.8 Å². The lowest BCUT2D eigenvalue weighted by molar-refractivity contribution is 1.07. The van der Waals surface area contributed by atoms with Crippen LogP contribution in [0.25, 0.3) is 0 Å². The zero-order valence-corrected chi connectivity index (χ0v) is 26.8. The lowest BCUT2D eigenvalue weighted by atomic mass is 10.6. The van der Waals surface area contributed by atoms with E-state index in [1.165, 1.54) is 6.04 Å². The average Bonchev–Trinajstić information content (AvgIpc) is 2.64. The van der Waals surface area contributed by atoms with Crippen LogP contribution >= 0.6 is 79.1 Å². The first-order valence-electron chi connectivity index (χ1n) is 9.10. The minimum Gasteiger partial charge on any atom is -0.151 e. The average molecular weight is 632 g/mol. The molecule has 0 aromatic carbocycles. The highest BCUT2D eigenvalue weighted by atomic mass is 35.7. The summed E-state index contributed by atoms with van der Waals surface area (Å²) >= 11 is 37.9. The van der Waals surface area contributed by atoms with Gasteiger partial charge < -0.3 is 0 Å². The zero-order chi connectivity index (χ0) is 24.4. The Bertz CT molecular complexity index is 351. The maximum Gasteiger partial charge on any atom is 0.248 e. The highest BCUT2D eigenvalue weighted by molar-refractivity contribution is 7.44. The SMILES string of the molecule is C.C.C=CC.C=CCCl.C=C[Si](C)(C=C)CCCCl.C[SiH](Cl)Cl.C[Si](Cl)(Cl)CCCCl. The van der Waals surface area contributed by atoms with Gasteiger partial charge in [0.25, 0.3) is 0 Å². The molecule has 0 radical (unpaired) electrons. The van der Waals surface area contributed by atoms with Gasteiger partial charge in [0, 0.05) is 17.6 Å². The van der Waals surface area contributed by atoms with Gasteiger partial charge >= 0.3 is 0 Å². The first-order valence-corrected chi connectivity index (χ1v) is 22.9.